The number of aromatic nitrogens is 2. The molecule has 7 heteroatoms. The fraction of sp³-hybridized carbons (Fsp3) is 0.158. The van der Waals surface area contributed by atoms with Gasteiger partial charge in [-0.15, -0.1) is 0 Å². The number of imidazole rings is 1. The number of nitrogens with zero attached hydrogens (tertiary/aromatic N) is 3. The standard InChI is InChI=1S/C19H17N5O2/c1-25-15-8-7-11(9-16(15)26-2)17-12(10-20)18(21)23-19-22-13-5-3-4-6-14(13)24(17)19/h3-9,17H,21H2,1-2H3,(H,22,23)/t17-/m1/s1. The van der Waals surface area contributed by atoms with E-state index < -0.39 is 6.04 Å². The summed E-state index contributed by atoms with van der Waals surface area (Å²) in [5.41, 5.74) is 9.13. The Labute approximate surface area is 150 Å². The van der Waals surface area contributed by atoms with Crippen LogP contribution < -0.4 is 20.5 Å². The van der Waals surface area contributed by atoms with Crippen molar-refractivity contribution in [2.24, 2.45) is 5.73 Å². The zero-order chi connectivity index (χ0) is 18.3. The second-order valence-corrected chi connectivity index (χ2v) is 5.88. The molecule has 1 aliphatic heterocycles. The number of anilines is 1. The molecule has 0 bridgehead atoms. The smallest absolute Gasteiger partial charge is 0.210 e. The summed E-state index contributed by atoms with van der Waals surface area (Å²) in [4.78, 5) is 4.60. The van der Waals surface area contributed by atoms with E-state index in [1.54, 1.807) is 14.2 Å². The summed E-state index contributed by atoms with van der Waals surface area (Å²) in [7, 11) is 3.17. The van der Waals surface area contributed by atoms with Gasteiger partial charge in [0.1, 0.15) is 17.9 Å². The number of rotatable bonds is 3. The van der Waals surface area contributed by atoms with E-state index in [-0.39, 0.29) is 0 Å². The van der Waals surface area contributed by atoms with E-state index in [2.05, 4.69) is 16.4 Å². The molecule has 7 nitrogen and oxygen atoms in total. The number of nitrogens with one attached hydrogen (secondary N) is 1. The van der Waals surface area contributed by atoms with Gasteiger partial charge in [-0.05, 0) is 29.8 Å². The molecule has 4 rings (SSSR count). The predicted octanol–water partition coefficient (Wildman–Crippen LogP) is 2.76. The van der Waals surface area contributed by atoms with Crippen LogP contribution in [0, 0.1) is 11.3 Å². The maximum Gasteiger partial charge on any atom is 0.210 e. The summed E-state index contributed by atoms with van der Waals surface area (Å²) in [6.07, 6.45) is 0. The first kappa shape index (κ1) is 15.8. The van der Waals surface area contributed by atoms with Gasteiger partial charge in [-0.25, -0.2) is 4.98 Å². The number of nitriles is 1. The maximum absolute atomic E-state index is 9.74. The van der Waals surface area contributed by atoms with Crippen LogP contribution in [0.1, 0.15) is 11.6 Å². The molecule has 0 fully saturated rings. The SMILES string of the molecule is COc1ccc([C@@H]2C(C#N)=C(N)Nc3nc4ccccc4n32)cc1OC. The Bertz CT molecular complexity index is 1080. The van der Waals surface area contributed by atoms with Gasteiger partial charge < -0.3 is 20.5 Å². The van der Waals surface area contributed by atoms with Crippen molar-refractivity contribution in [3.05, 3.63) is 59.4 Å². The normalized spacial score (nSPS) is 16.0. The van der Waals surface area contributed by atoms with E-state index in [4.69, 9.17) is 15.2 Å². The van der Waals surface area contributed by atoms with Crippen molar-refractivity contribution in [2.75, 3.05) is 19.5 Å². The van der Waals surface area contributed by atoms with Crippen molar-refractivity contribution in [1.29, 1.82) is 5.26 Å². The average Bonchev–Trinajstić information content (AvgIpc) is 3.04. The lowest BCUT2D eigenvalue weighted by molar-refractivity contribution is 0.354. The third-order valence-electron chi connectivity index (χ3n) is 4.51. The maximum atomic E-state index is 9.74. The van der Waals surface area contributed by atoms with E-state index >= 15 is 0 Å². The highest BCUT2D eigenvalue weighted by Crippen LogP contribution is 2.40. The van der Waals surface area contributed by atoms with Crippen LogP contribution in [0.3, 0.4) is 0 Å². The van der Waals surface area contributed by atoms with Crippen LogP contribution in [0.2, 0.25) is 0 Å². The Balaban J connectivity index is 1.99. The molecule has 1 atom stereocenters. The van der Waals surface area contributed by atoms with E-state index in [1.807, 2.05) is 47.0 Å². The molecule has 0 saturated heterocycles. The third-order valence-corrected chi connectivity index (χ3v) is 4.51. The topological polar surface area (TPSA) is 98.1 Å². The Morgan fingerprint density at radius 2 is 1.92 bits per heavy atom. The fourth-order valence-corrected chi connectivity index (χ4v) is 3.32. The third kappa shape index (κ3) is 2.24. The summed E-state index contributed by atoms with van der Waals surface area (Å²) in [6, 6.07) is 15.2. The lowest BCUT2D eigenvalue weighted by Gasteiger charge is -2.28. The molecule has 0 radical (unpaired) electrons. The molecule has 0 spiro atoms. The molecule has 130 valence electrons. The first-order chi connectivity index (χ1) is 12.7. The average molecular weight is 347 g/mol. The molecule has 0 unspecified atom stereocenters. The predicted molar refractivity (Wildman–Crippen MR) is 97.9 cm³/mol. The monoisotopic (exact) mass is 347 g/mol. The highest BCUT2D eigenvalue weighted by Gasteiger charge is 2.31. The van der Waals surface area contributed by atoms with Gasteiger partial charge >= 0.3 is 0 Å². The Hall–Kier alpha value is -3.66. The molecule has 1 aromatic heterocycles. The molecule has 2 aromatic carbocycles. The molecule has 26 heavy (non-hydrogen) atoms. The van der Waals surface area contributed by atoms with E-state index in [1.165, 1.54) is 0 Å². The van der Waals surface area contributed by atoms with Gasteiger partial charge in [-0.2, -0.15) is 5.26 Å². The number of hydrogen-bond acceptors (Lipinski definition) is 6. The minimum Gasteiger partial charge on any atom is -0.493 e. The highest BCUT2D eigenvalue weighted by molar-refractivity contribution is 5.80. The van der Waals surface area contributed by atoms with Gasteiger partial charge in [0.25, 0.3) is 0 Å². The minimum atomic E-state index is -0.413. The van der Waals surface area contributed by atoms with E-state index in [0.717, 1.165) is 16.6 Å². The molecule has 0 saturated carbocycles. The largest absolute Gasteiger partial charge is 0.493 e. The van der Waals surface area contributed by atoms with Crippen LogP contribution >= 0.6 is 0 Å². The van der Waals surface area contributed by atoms with Crippen molar-refractivity contribution in [3.8, 4) is 17.6 Å². The lowest BCUT2D eigenvalue weighted by atomic mass is 9.97. The van der Waals surface area contributed by atoms with Crippen LogP contribution in [-0.2, 0) is 0 Å². The van der Waals surface area contributed by atoms with Crippen molar-refractivity contribution in [2.45, 2.75) is 6.04 Å². The van der Waals surface area contributed by atoms with E-state index in [9.17, 15) is 5.26 Å². The molecule has 0 aliphatic carbocycles. The number of benzene rings is 2. The molecule has 3 aromatic rings. The van der Waals surface area contributed by atoms with Gasteiger partial charge in [0, 0.05) is 0 Å². The first-order valence-corrected chi connectivity index (χ1v) is 8.03. The first-order valence-electron chi connectivity index (χ1n) is 8.03. The van der Waals surface area contributed by atoms with Crippen LogP contribution in [-0.4, -0.2) is 23.8 Å². The molecule has 2 heterocycles. The summed E-state index contributed by atoms with van der Waals surface area (Å²) in [5, 5.41) is 12.8. The molecule has 3 N–H and O–H groups in total. The molecule has 1 aliphatic rings. The van der Waals surface area contributed by atoms with Crippen molar-refractivity contribution in [3.63, 3.8) is 0 Å². The Kier molecular flexibility index (Phi) is 3.66. The molecular formula is C19H17N5O2. The Morgan fingerprint density at radius 1 is 1.15 bits per heavy atom. The summed E-state index contributed by atoms with van der Waals surface area (Å²) < 4.78 is 12.7. The number of allylic oxidation sites excluding steroid dienone is 1. The number of para-hydroxylation sites is 2. The van der Waals surface area contributed by atoms with Gasteiger partial charge in [0.2, 0.25) is 5.95 Å². The van der Waals surface area contributed by atoms with Crippen LogP contribution in [0.5, 0.6) is 11.5 Å². The van der Waals surface area contributed by atoms with Crippen molar-refractivity contribution >= 4 is 17.0 Å². The van der Waals surface area contributed by atoms with Gasteiger partial charge in [-0.1, -0.05) is 18.2 Å². The Morgan fingerprint density at radius 3 is 2.65 bits per heavy atom. The number of hydrogen-bond donors (Lipinski definition) is 2. The van der Waals surface area contributed by atoms with Crippen molar-refractivity contribution in [1.82, 2.24) is 9.55 Å². The van der Waals surface area contributed by atoms with Crippen LogP contribution in [0.4, 0.5) is 5.95 Å². The number of fused-ring (bicyclic) bond motifs is 3. The van der Waals surface area contributed by atoms with Crippen molar-refractivity contribution < 1.29 is 9.47 Å². The summed E-state index contributed by atoms with van der Waals surface area (Å²) >= 11 is 0. The number of ether oxygens (including phenoxy) is 2. The number of nitrogens with two attached hydrogens (primary N) is 1. The summed E-state index contributed by atoms with van der Waals surface area (Å²) in [6.45, 7) is 0. The van der Waals surface area contributed by atoms with Gasteiger partial charge in [0.05, 0.1) is 30.8 Å². The number of methoxy groups -OCH3 is 2. The second kappa shape index (κ2) is 6.01. The quantitative estimate of drug-likeness (QED) is 0.756. The van der Waals surface area contributed by atoms with E-state index in [0.29, 0.717) is 28.8 Å². The molecular weight excluding hydrogens is 330 g/mol. The summed E-state index contributed by atoms with van der Waals surface area (Å²) in [5.74, 6) is 2.11. The molecule has 0 amide bonds. The van der Waals surface area contributed by atoms with Crippen LogP contribution in [0.15, 0.2) is 53.9 Å². The zero-order valence-electron chi connectivity index (χ0n) is 14.4. The second-order valence-electron chi connectivity index (χ2n) is 5.88. The highest BCUT2D eigenvalue weighted by atomic mass is 16.5. The fourth-order valence-electron chi connectivity index (χ4n) is 3.32. The lowest BCUT2D eigenvalue weighted by Crippen LogP contribution is -2.27. The zero-order valence-corrected chi connectivity index (χ0v) is 14.4. The van der Waals surface area contributed by atoms with Crippen LogP contribution in [0.25, 0.3) is 11.0 Å². The van der Waals surface area contributed by atoms with Gasteiger partial charge in [0.15, 0.2) is 11.5 Å². The van der Waals surface area contributed by atoms with Gasteiger partial charge in [-0.3, -0.25) is 4.57 Å². The minimum absolute atomic E-state index is 0.301.